The van der Waals surface area contributed by atoms with Gasteiger partial charge in [0.05, 0.1) is 0 Å². The summed E-state index contributed by atoms with van der Waals surface area (Å²) < 4.78 is 1.02. The van der Waals surface area contributed by atoms with Gasteiger partial charge in [-0.15, -0.1) is 0 Å². The Morgan fingerprint density at radius 3 is 2.71 bits per heavy atom. The Labute approximate surface area is 97.0 Å². The van der Waals surface area contributed by atoms with Gasteiger partial charge < -0.3 is 11.1 Å². The molecule has 14 heavy (non-hydrogen) atoms. The fourth-order valence-corrected chi connectivity index (χ4v) is 1.85. The second kappa shape index (κ2) is 3.87. The summed E-state index contributed by atoms with van der Waals surface area (Å²) in [5.41, 5.74) is 7.55. The summed E-state index contributed by atoms with van der Waals surface area (Å²) in [6, 6.07) is 6.56. The molecule has 0 heterocycles. The first-order valence-corrected chi connectivity index (χ1v) is 5.73. The molecule has 1 aliphatic carbocycles. The van der Waals surface area contributed by atoms with E-state index in [0.717, 1.165) is 15.7 Å². The van der Waals surface area contributed by atoms with Crippen LogP contribution in [0.15, 0.2) is 22.7 Å². The quantitative estimate of drug-likeness (QED) is 0.830. The topological polar surface area (TPSA) is 38.0 Å². The van der Waals surface area contributed by atoms with Crippen molar-refractivity contribution in [3.63, 3.8) is 0 Å². The van der Waals surface area contributed by atoms with Crippen molar-refractivity contribution in [2.45, 2.75) is 18.9 Å². The van der Waals surface area contributed by atoms with E-state index in [1.807, 2.05) is 18.2 Å². The van der Waals surface area contributed by atoms with Crippen LogP contribution in [0.4, 0.5) is 5.69 Å². The normalized spacial score (nSPS) is 15.2. The second-order valence-electron chi connectivity index (χ2n) is 3.48. The lowest BCUT2D eigenvalue weighted by Gasteiger charge is -2.08. The van der Waals surface area contributed by atoms with Crippen LogP contribution < -0.4 is 11.1 Å². The zero-order valence-electron chi connectivity index (χ0n) is 7.59. The van der Waals surface area contributed by atoms with Crippen LogP contribution in [0, 0.1) is 0 Å². The highest BCUT2D eigenvalue weighted by Gasteiger charge is 2.21. The highest BCUT2D eigenvalue weighted by molar-refractivity contribution is 9.10. The maximum absolute atomic E-state index is 5.54. The number of halogens is 1. The van der Waals surface area contributed by atoms with E-state index in [0.29, 0.717) is 11.0 Å². The lowest BCUT2D eigenvalue weighted by atomic mass is 10.2. The molecule has 1 fully saturated rings. The van der Waals surface area contributed by atoms with E-state index >= 15 is 0 Å². The second-order valence-corrected chi connectivity index (χ2v) is 4.77. The first kappa shape index (κ1) is 9.93. The molecule has 2 rings (SSSR count). The third kappa shape index (κ3) is 2.25. The third-order valence-corrected chi connectivity index (χ3v) is 3.08. The average Bonchev–Trinajstić information content (AvgIpc) is 2.92. The van der Waals surface area contributed by atoms with Gasteiger partial charge in [0.1, 0.15) is 4.99 Å². The molecular formula is C10H11BrN2S. The number of hydrogen-bond donors (Lipinski definition) is 2. The Morgan fingerprint density at radius 2 is 2.21 bits per heavy atom. The van der Waals surface area contributed by atoms with Gasteiger partial charge >= 0.3 is 0 Å². The van der Waals surface area contributed by atoms with Crippen molar-refractivity contribution < 1.29 is 0 Å². The van der Waals surface area contributed by atoms with Crippen LogP contribution in [0.2, 0.25) is 0 Å². The molecule has 1 aromatic rings. The molecule has 2 nitrogen and oxygen atoms in total. The molecular weight excluding hydrogens is 260 g/mol. The van der Waals surface area contributed by atoms with Gasteiger partial charge in [-0.3, -0.25) is 0 Å². The Balaban J connectivity index is 2.21. The lowest BCUT2D eigenvalue weighted by molar-refractivity contribution is 1.15. The number of anilines is 1. The van der Waals surface area contributed by atoms with Crippen LogP contribution in [0.1, 0.15) is 18.4 Å². The molecule has 0 saturated heterocycles. The van der Waals surface area contributed by atoms with Crippen molar-refractivity contribution >= 4 is 38.8 Å². The largest absolute Gasteiger partial charge is 0.389 e. The minimum atomic E-state index is 0.434. The molecule has 0 aromatic heterocycles. The van der Waals surface area contributed by atoms with Gasteiger partial charge in [0.15, 0.2) is 0 Å². The molecule has 1 aliphatic rings. The fraction of sp³-hybridized carbons (Fsp3) is 0.300. The zero-order chi connectivity index (χ0) is 10.1. The Kier molecular flexibility index (Phi) is 2.74. The summed E-state index contributed by atoms with van der Waals surface area (Å²) in [5, 5.41) is 3.42. The SMILES string of the molecule is NC(=S)c1ccc(NC2CC2)c(Br)c1. The smallest absolute Gasteiger partial charge is 0.104 e. The summed E-state index contributed by atoms with van der Waals surface area (Å²) >= 11 is 8.40. The molecule has 0 amide bonds. The number of nitrogens with two attached hydrogens (primary N) is 1. The van der Waals surface area contributed by atoms with Crippen molar-refractivity contribution in [2.24, 2.45) is 5.73 Å². The van der Waals surface area contributed by atoms with Crippen LogP contribution in [-0.4, -0.2) is 11.0 Å². The van der Waals surface area contributed by atoms with Crippen LogP contribution in [0.5, 0.6) is 0 Å². The molecule has 0 spiro atoms. The lowest BCUT2D eigenvalue weighted by Crippen LogP contribution is -2.10. The van der Waals surface area contributed by atoms with Crippen molar-refractivity contribution in [3.05, 3.63) is 28.2 Å². The number of nitrogens with one attached hydrogen (secondary N) is 1. The highest BCUT2D eigenvalue weighted by Crippen LogP contribution is 2.30. The number of thiocarbonyl (C=S) groups is 1. The summed E-state index contributed by atoms with van der Waals surface area (Å²) in [5.74, 6) is 0. The average molecular weight is 271 g/mol. The van der Waals surface area contributed by atoms with Gasteiger partial charge in [-0.1, -0.05) is 12.2 Å². The summed E-state index contributed by atoms with van der Waals surface area (Å²) in [4.78, 5) is 0.434. The fourth-order valence-electron chi connectivity index (χ4n) is 1.23. The Bertz CT molecular complexity index is 374. The van der Waals surface area contributed by atoms with Crippen LogP contribution in [0.3, 0.4) is 0 Å². The summed E-state index contributed by atoms with van der Waals surface area (Å²) in [6.45, 7) is 0. The van der Waals surface area contributed by atoms with E-state index in [1.165, 1.54) is 12.8 Å². The number of benzene rings is 1. The molecule has 0 bridgehead atoms. The predicted molar refractivity (Wildman–Crippen MR) is 66.7 cm³/mol. The first-order chi connectivity index (χ1) is 6.66. The first-order valence-electron chi connectivity index (χ1n) is 4.52. The molecule has 1 aromatic carbocycles. The van der Waals surface area contributed by atoms with E-state index in [9.17, 15) is 0 Å². The Hall–Kier alpha value is -0.610. The third-order valence-electron chi connectivity index (χ3n) is 2.19. The van der Waals surface area contributed by atoms with Gasteiger partial charge in [-0.05, 0) is 47.0 Å². The summed E-state index contributed by atoms with van der Waals surface area (Å²) in [6.07, 6.45) is 2.53. The van der Waals surface area contributed by atoms with Crippen molar-refractivity contribution in [1.82, 2.24) is 0 Å². The number of hydrogen-bond acceptors (Lipinski definition) is 2. The molecule has 74 valence electrons. The van der Waals surface area contributed by atoms with Crippen LogP contribution in [0.25, 0.3) is 0 Å². The van der Waals surface area contributed by atoms with Gasteiger partial charge in [0, 0.05) is 21.8 Å². The van der Waals surface area contributed by atoms with Gasteiger partial charge in [-0.25, -0.2) is 0 Å². The number of rotatable bonds is 3. The standard InChI is InChI=1S/C10H11BrN2S/c11-8-5-6(10(12)14)1-4-9(8)13-7-2-3-7/h1,4-5,7,13H,2-3H2,(H2,12,14). The molecule has 0 radical (unpaired) electrons. The molecule has 0 unspecified atom stereocenters. The van der Waals surface area contributed by atoms with Gasteiger partial charge in [0.2, 0.25) is 0 Å². The molecule has 0 aliphatic heterocycles. The van der Waals surface area contributed by atoms with Crippen molar-refractivity contribution in [3.8, 4) is 0 Å². The van der Waals surface area contributed by atoms with Crippen molar-refractivity contribution in [2.75, 3.05) is 5.32 Å². The predicted octanol–water partition coefficient (Wildman–Crippen LogP) is 2.66. The molecule has 1 saturated carbocycles. The van der Waals surface area contributed by atoms with E-state index in [-0.39, 0.29) is 0 Å². The molecule has 3 N–H and O–H groups in total. The summed E-state index contributed by atoms with van der Waals surface area (Å²) in [7, 11) is 0. The van der Waals surface area contributed by atoms with Crippen LogP contribution >= 0.6 is 28.1 Å². The molecule has 0 atom stereocenters. The zero-order valence-corrected chi connectivity index (χ0v) is 9.99. The van der Waals surface area contributed by atoms with E-state index in [2.05, 4.69) is 21.2 Å². The monoisotopic (exact) mass is 270 g/mol. The highest BCUT2D eigenvalue weighted by atomic mass is 79.9. The maximum atomic E-state index is 5.54. The van der Waals surface area contributed by atoms with Crippen LogP contribution in [-0.2, 0) is 0 Å². The van der Waals surface area contributed by atoms with E-state index in [1.54, 1.807) is 0 Å². The maximum Gasteiger partial charge on any atom is 0.104 e. The van der Waals surface area contributed by atoms with E-state index < -0.39 is 0 Å². The van der Waals surface area contributed by atoms with Gasteiger partial charge in [-0.2, -0.15) is 0 Å². The Morgan fingerprint density at radius 1 is 1.50 bits per heavy atom. The minimum Gasteiger partial charge on any atom is -0.389 e. The van der Waals surface area contributed by atoms with Crippen molar-refractivity contribution in [1.29, 1.82) is 0 Å². The van der Waals surface area contributed by atoms with E-state index in [4.69, 9.17) is 18.0 Å². The molecule has 4 heteroatoms. The minimum absolute atomic E-state index is 0.434. The van der Waals surface area contributed by atoms with Gasteiger partial charge in [0.25, 0.3) is 0 Å².